The average Bonchev–Trinajstić information content (AvgIpc) is 2.34. The van der Waals surface area contributed by atoms with Crippen LogP contribution < -0.4 is 5.32 Å². The molecule has 0 atom stereocenters. The summed E-state index contributed by atoms with van der Waals surface area (Å²) >= 11 is 0. The third kappa shape index (κ3) is 2.98. The van der Waals surface area contributed by atoms with Gasteiger partial charge < -0.3 is 5.32 Å². The van der Waals surface area contributed by atoms with Crippen molar-refractivity contribution in [3.8, 4) is 0 Å². The van der Waals surface area contributed by atoms with E-state index in [1.54, 1.807) is 0 Å². The lowest BCUT2D eigenvalue weighted by Crippen LogP contribution is -2.48. The van der Waals surface area contributed by atoms with Crippen LogP contribution in [0.4, 0.5) is 0 Å². The highest BCUT2D eigenvalue weighted by Crippen LogP contribution is 2.29. The van der Waals surface area contributed by atoms with Crippen LogP contribution in [-0.4, -0.2) is 36.6 Å². The Hall–Kier alpha value is -0.0800. The van der Waals surface area contributed by atoms with E-state index in [4.69, 9.17) is 0 Å². The molecule has 1 aliphatic heterocycles. The number of hydrogen-bond acceptors (Lipinski definition) is 2. The minimum Gasteiger partial charge on any atom is -0.317 e. The van der Waals surface area contributed by atoms with Crippen molar-refractivity contribution in [1.82, 2.24) is 10.2 Å². The monoisotopic (exact) mass is 224 g/mol. The number of rotatable bonds is 3. The molecule has 2 fully saturated rings. The van der Waals surface area contributed by atoms with Crippen LogP contribution in [0.2, 0.25) is 0 Å². The molecular formula is C14H28N2. The van der Waals surface area contributed by atoms with Crippen molar-refractivity contribution >= 4 is 0 Å². The lowest BCUT2D eigenvalue weighted by molar-refractivity contribution is 0.0815. The van der Waals surface area contributed by atoms with Crippen LogP contribution in [0.3, 0.4) is 0 Å². The second-order valence-electron chi connectivity index (χ2n) is 5.73. The molecule has 0 spiro atoms. The molecule has 0 aromatic heterocycles. The van der Waals surface area contributed by atoms with Gasteiger partial charge in [-0.15, -0.1) is 0 Å². The van der Waals surface area contributed by atoms with E-state index in [0.29, 0.717) is 0 Å². The van der Waals surface area contributed by atoms with Gasteiger partial charge >= 0.3 is 0 Å². The van der Waals surface area contributed by atoms with Gasteiger partial charge in [-0.2, -0.15) is 0 Å². The summed E-state index contributed by atoms with van der Waals surface area (Å²) in [5.41, 5.74) is 0. The van der Waals surface area contributed by atoms with Crippen molar-refractivity contribution in [2.75, 3.05) is 19.6 Å². The lowest BCUT2D eigenvalue weighted by atomic mass is 9.85. The minimum atomic E-state index is 0.865. The zero-order valence-corrected chi connectivity index (χ0v) is 11.0. The molecule has 2 nitrogen and oxygen atoms in total. The molecule has 1 N–H and O–H groups in total. The summed E-state index contributed by atoms with van der Waals surface area (Å²) in [6.07, 6.45) is 8.51. The van der Waals surface area contributed by atoms with Crippen LogP contribution in [0.25, 0.3) is 0 Å². The summed E-state index contributed by atoms with van der Waals surface area (Å²) in [5.74, 6) is 0.975. The number of nitrogens with one attached hydrogen (secondary N) is 1. The van der Waals surface area contributed by atoms with E-state index in [9.17, 15) is 0 Å². The quantitative estimate of drug-likeness (QED) is 0.793. The van der Waals surface area contributed by atoms with Crippen molar-refractivity contribution in [2.45, 2.75) is 64.5 Å². The highest BCUT2D eigenvalue weighted by Gasteiger charge is 2.28. The average molecular weight is 224 g/mol. The molecule has 0 bridgehead atoms. The Morgan fingerprint density at radius 2 is 1.50 bits per heavy atom. The largest absolute Gasteiger partial charge is 0.317 e. The van der Waals surface area contributed by atoms with Gasteiger partial charge in [0, 0.05) is 12.1 Å². The highest BCUT2D eigenvalue weighted by atomic mass is 15.2. The standard InChI is InChI=1S/C14H28N2/c1-3-16(14-8-10-15-11-9-14)13-6-4-12(2)5-7-13/h12-15H,3-11H2,1-2H3. The SMILES string of the molecule is CCN(C1CCNCC1)C1CCC(C)CC1. The molecular weight excluding hydrogens is 196 g/mol. The molecule has 16 heavy (non-hydrogen) atoms. The first-order valence-electron chi connectivity index (χ1n) is 7.27. The van der Waals surface area contributed by atoms with Crippen molar-refractivity contribution < 1.29 is 0 Å². The summed E-state index contributed by atoms with van der Waals surface area (Å²) in [7, 11) is 0. The number of piperidine rings is 1. The maximum Gasteiger partial charge on any atom is 0.0122 e. The predicted octanol–water partition coefficient (Wildman–Crippen LogP) is 2.64. The molecule has 94 valence electrons. The van der Waals surface area contributed by atoms with Crippen LogP contribution in [0.15, 0.2) is 0 Å². The summed E-state index contributed by atoms with van der Waals surface area (Å²) in [6, 6.07) is 1.76. The lowest BCUT2D eigenvalue weighted by Gasteiger charge is -2.42. The molecule has 0 aromatic carbocycles. The molecule has 2 aliphatic rings. The molecule has 0 amide bonds. The van der Waals surface area contributed by atoms with Gasteiger partial charge in [-0.25, -0.2) is 0 Å². The van der Waals surface area contributed by atoms with E-state index in [-0.39, 0.29) is 0 Å². The first kappa shape index (κ1) is 12.4. The number of nitrogens with zero attached hydrogens (tertiary/aromatic N) is 1. The fourth-order valence-corrected chi connectivity index (χ4v) is 3.53. The Bertz CT molecular complexity index is 191. The van der Waals surface area contributed by atoms with Crippen molar-refractivity contribution in [3.05, 3.63) is 0 Å². The van der Waals surface area contributed by atoms with E-state index >= 15 is 0 Å². The second kappa shape index (κ2) is 6.02. The zero-order valence-electron chi connectivity index (χ0n) is 11.0. The third-order valence-corrected chi connectivity index (χ3v) is 4.60. The van der Waals surface area contributed by atoms with Crippen molar-refractivity contribution in [1.29, 1.82) is 0 Å². The van der Waals surface area contributed by atoms with Gasteiger partial charge in [0.2, 0.25) is 0 Å². The van der Waals surface area contributed by atoms with Crippen LogP contribution in [0, 0.1) is 5.92 Å². The molecule has 1 aliphatic carbocycles. The van der Waals surface area contributed by atoms with Crippen molar-refractivity contribution in [3.63, 3.8) is 0 Å². The first-order valence-corrected chi connectivity index (χ1v) is 7.27. The predicted molar refractivity (Wildman–Crippen MR) is 69.7 cm³/mol. The highest BCUT2D eigenvalue weighted by molar-refractivity contribution is 4.85. The fourth-order valence-electron chi connectivity index (χ4n) is 3.53. The Kier molecular flexibility index (Phi) is 4.66. The molecule has 0 aromatic rings. The number of hydrogen-bond donors (Lipinski definition) is 1. The Morgan fingerprint density at radius 1 is 0.938 bits per heavy atom. The maximum atomic E-state index is 3.48. The van der Waals surface area contributed by atoms with Crippen LogP contribution in [-0.2, 0) is 0 Å². The molecule has 1 saturated carbocycles. The topological polar surface area (TPSA) is 15.3 Å². The van der Waals surface area contributed by atoms with E-state index in [1.807, 2.05) is 0 Å². The van der Waals surface area contributed by atoms with Gasteiger partial charge in [0.25, 0.3) is 0 Å². The van der Waals surface area contributed by atoms with E-state index in [1.165, 1.54) is 58.2 Å². The fraction of sp³-hybridized carbons (Fsp3) is 1.00. The molecule has 2 rings (SSSR count). The Labute approximate surface area is 101 Å². The zero-order chi connectivity index (χ0) is 11.4. The Morgan fingerprint density at radius 3 is 2.06 bits per heavy atom. The molecule has 0 unspecified atom stereocenters. The van der Waals surface area contributed by atoms with E-state index in [0.717, 1.165) is 18.0 Å². The molecule has 1 saturated heterocycles. The van der Waals surface area contributed by atoms with Crippen molar-refractivity contribution in [2.24, 2.45) is 5.92 Å². The molecule has 1 heterocycles. The van der Waals surface area contributed by atoms with Crippen LogP contribution in [0.5, 0.6) is 0 Å². The van der Waals surface area contributed by atoms with Crippen LogP contribution in [0.1, 0.15) is 52.4 Å². The van der Waals surface area contributed by atoms with Gasteiger partial charge in [-0.1, -0.05) is 13.8 Å². The third-order valence-electron chi connectivity index (χ3n) is 4.60. The van der Waals surface area contributed by atoms with Gasteiger partial charge in [0.1, 0.15) is 0 Å². The second-order valence-corrected chi connectivity index (χ2v) is 5.73. The van der Waals surface area contributed by atoms with E-state index in [2.05, 4.69) is 24.1 Å². The van der Waals surface area contributed by atoms with Gasteiger partial charge in [0.15, 0.2) is 0 Å². The Balaban J connectivity index is 1.88. The molecule has 0 radical (unpaired) electrons. The first-order chi connectivity index (χ1) is 7.81. The summed E-state index contributed by atoms with van der Waals surface area (Å²) < 4.78 is 0. The van der Waals surface area contributed by atoms with Gasteiger partial charge in [-0.3, -0.25) is 4.90 Å². The smallest absolute Gasteiger partial charge is 0.0122 e. The minimum absolute atomic E-state index is 0.865. The van der Waals surface area contributed by atoms with Gasteiger partial charge in [-0.05, 0) is 64.1 Å². The van der Waals surface area contributed by atoms with Gasteiger partial charge in [0.05, 0.1) is 0 Å². The molecule has 2 heteroatoms. The summed E-state index contributed by atoms with van der Waals surface area (Å²) in [4.78, 5) is 2.81. The van der Waals surface area contributed by atoms with E-state index < -0.39 is 0 Å². The summed E-state index contributed by atoms with van der Waals surface area (Å²) in [5, 5.41) is 3.48. The maximum absolute atomic E-state index is 3.48. The summed E-state index contributed by atoms with van der Waals surface area (Å²) in [6.45, 7) is 8.47. The van der Waals surface area contributed by atoms with Crippen LogP contribution >= 0.6 is 0 Å². The normalized spacial score (nSPS) is 33.2.